The number of nitrogens with two attached hydrogens (primary N) is 1. The molecule has 8 saturated carbocycles. The highest BCUT2D eigenvalue weighted by molar-refractivity contribution is 9.09. The molecule has 0 aliphatic heterocycles. The predicted molar refractivity (Wildman–Crippen MR) is 277 cm³/mol. The summed E-state index contributed by atoms with van der Waals surface area (Å²) < 4.78 is 12.5. The van der Waals surface area contributed by atoms with Crippen molar-refractivity contribution in [3.8, 4) is 5.75 Å². The molecule has 0 unspecified atom stereocenters. The van der Waals surface area contributed by atoms with E-state index in [0.717, 1.165) is 86.5 Å². The Morgan fingerprint density at radius 1 is 0.721 bits per heavy atom. The molecule has 0 radical (unpaired) electrons. The van der Waals surface area contributed by atoms with Gasteiger partial charge in [0.2, 0.25) is 0 Å². The van der Waals surface area contributed by atoms with Gasteiger partial charge in [0.1, 0.15) is 5.78 Å². The van der Waals surface area contributed by atoms with Crippen LogP contribution < -0.4 is 10.5 Å². The zero-order valence-electron chi connectivity index (χ0n) is 43.3. The van der Waals surface area contributed by atoms with E-state index in [-0.39, 0.29) is 42.3 Å². The Hall–Kier alpha value is -2.24. The van der Waals surface area contributed by atoms with Crippen LogP contribution in [0.5, 0.6) is 5.75 Å². The van der Waals surface area contributed by atoms with Gasteiger partial charge in [-0.15, -0.1) is 0 Å². The number of Topliss-reactive ketones (excluding diaryl/α,β-unsaturated/α-hetero) is 2. The van der Waals surface area contributed by atoms with E-state index >= 15 is 0 Å². The molecular weight excluding hydrogens is 917 g/mol. The van der Waals surface area contributed by atoms with Crippen molar-refractivity contribution in [2.24, 2.45) is 86.6 Å². The van der Waals surface area contributed by atoms with Crippen LogP contribution in [0.2, 0.25) is 0 Å². The Labute approximate surface area is 420 Å². The second-order valence-electron chi connectivity index (χ2n) is 25.6. The number of hydrogen-bond donors (Lipinski definition) is 4. The third-order valence-corrected chi connectivity index (χ3v) is 21.3. The average Bonchev–Trinajstić information content (AvgIpc) is 3.97. The number of alkyl halides is 1. The van der Waals surface area contributed by atoms with Crippen LogP contribution in [0.3, 0.4) is 0 Å². The van der Waals surface area contributed by atoms with E-state index in [1.54, 1.807) is 10.9 Å². The average molecular weight is 1010 g/mol. The first-order valence-corrected chi connectivity index (χ1v) is 27.9. The number of hydrogen-bond acceptors (Lipinski definition) is 9. The van der Waals surface area contributed by atoms with Crippen LogP contribution in [0.15, 0.2) is 24.4 Å². The highest BCUT2D eigenvalue weighted by atomic mass is 79.9. The lowest BCUT2D eigenvalue weighted by molar-refractivity contribution is -0.151. The molecule has 0 amide bonds. The van der Waals surface area contributed by atoms with Crippen molar-refractivity contribution in [3.63, 3.8) is 0 Å². The van der Waals surface area contributed by atoms with Gasteiger partial charge < -0.3 is 30.8 Å². The van der Waals surface area contributed by atoms with Gasteiger partial charge in [-0.1, -0.05) is 51.1 Å². The first-order valence-electron chi connectivity index (χ1n) is 26.8. The lowest BCUT2D eigenvalue weighted by atomic mass is 9.44. The van der Waals surface area contributed by atoms with Gasteiger partial charge >= 0.3 is 0 Å². The van der Waals surface area contributed by atoms with Crippen LogP contribution in [-0.4, -0.2) is 66.5 Å². The third kappa shape index (κ3) is 10.8. The Morgan fingerprint density at radius 3 is 1.60 bits per heavy atom. The van der Waals surface area contributed by atoms with Gasteiger partial charge in [0.25, 0.3) is 0 Å². The van der Waals surface area contributed by atoms with Crippen LogP contribution in [0, 0.1) is 86.2 Å². The first kappa shape index (κ1) is 55.1. The van der Waals surface area contributed by atoms with E-state index in [4.69, 9.17) is 20.6 Å². The number of carbonyl (C=O) groups excluding carboxylic acids is 2. The molecule has 0 aromatic carbocycles. The minimum Gasteiger partial charge on any atom is -0.488 e. The molecule has 1 heterocycles. The molecule has 0 saturated heterocycles. The quantitative estimate of drug-likeness (QED) is 0.102. The number of carbonyl (C=O) groups is 2. The standard InChI is InChI=1S/C28H44N2O3.C22H35BrO2.C6H12N2O.CH4/c1-18(2)33-20-15-29-30(16-20)17-25(31)24-9-8-22-21-7-6-19-14-26(3,32)12-13-27(19,4)23(21)10-11-28(22,24)5;1-20(25)10-11-21(2)14(12-20)4-5-15-16-6-7-18(19(24)13-23)22(16,3)9-8-17(15)21;1-5(2)9-6(3-7)4-8;/h15-16,18-19,21-24,32H,6-14,17H2,1-5H3;14-18,25H,4-13H2,1-3H3;3-5,7H,8H2,1-2H3;1H4/b;;6-4+,7-3?;/t19-,21+,22+,23+,24-,26-,27+,28+;14-,15+,16+,17+,18-,20-,21+,22+;;/m11../s1. The normalized spacial score (nSPS) is 43.5. The Bertz CT molecular complexity index is 1950. The van der Waals surface area contributed by atoms with Crippen molar-refractivity contribution in [1.82, 2.24) is 9.78 Å². The number of ether oxygens (including phenoxy) is 2. The predicted octanol–water partition coefficient (Wildman–Crippen LogP) is 12.5. The summed E-state index contributed by atoms with van der Waals surface area (Å²) in [7, 11) is 0. The molecule has 9 rings (SSSR count). The molecule has 8 aliphatic rings. The molecule has 0 spiro atoms. The lowest BCUT2D eigenvalue weighted by Gasteiger charge is -2.61. The summed E-state index contributed by atoms with van der Waals surface area (Å²) in [5.74, 6) is 8.31. The second-order valence-corrected chi connectivity index (χ2v) is 26.1. The van der Waals surface area contributed by atoms with Crippen LogP contribution in [0.1, 0.15) is 192 Å². The minimum atomic E-state index is -0.475. The molecule has 68 heavy (non-hydrogen) atoms. The molecule has 0 bridgehead atoms. The SMILES string of the molecule is C.CC(C)O/C(C=N)=C/N.CC(C)Oc1cnn(CC(=O)[C@H]2CC[C@H]3[C@@H]4CC[C@@H]5C[C@](C)(O)CC[C@]5(C)[C@H]4CC[C@]23C)c1.C[C@@]1(O)CC[C@@]2(C)[C@H](CC[C@@H]3[C@@H]2CC[C@]2(C)[C@@H](C(=O)CBr)CC[C@@H]32)C1. The monoisotopic (exact) mass is 1010 g/mol. The van der Waals surface area contributed by atoms with Crippen LogP contribution in [0.25, 0.3) is 0 Å². The van der Waals surface area contributed by atoms with E-state index in [9.17, 15) is 19.8 Å². The van der Waals surface area contributed by atoms with E-state index in [1.165, 1.54) is 76.8 Å². The first-order chi connectivity index (χ1) is 31.4. The minimum absolute atomic E-state index is 0. The van der Waals surface area contributed by atoms with Gasteiger partial charge in [0, 0.05) is 18.0 Å². The number of nitrogens with zero attached hydrogens (tertiary/aromatic N) is 2. The number of allylic oxidation sites excluding steroid dienone is 1. The van der Waals surface area contributed by atoms with Gasteiger partial charge in [-0.3, -0.25) is 14.3 Å². The number of nitrogens with one attached hydrogen (secondary N) is 1. The van der Waals surface area contributed by atoms with Gasteiger partial charge in [-0.05, 0) is 226 Å². The summed E-state index contributed by atoms with van der Waals surface area (Å²) >= 11 is 3.43. The highest BCUT2D eigenvalue weighted by Gasteiger charge is 2.63. The maximum absolute atomic E-state index is 13.5. The van der Waals surface area contributed by atoms with Gasteiger partial charge in [0.05, 0.1) is 53.9 Å². The molecule has 5 N–H and O–H groups in total. The number of halogens is 1. The second kappa shape index (κ2) is 21.1. The molecule has 8 fully saturated rings. The van der Waals surface area contributed by atoms with Crippen LogP contribution >= 0.6 is 15.9 Å². The molecular formula is C57H95BrN4O6. The molecule has 1 aromatic rings. The summed E-state index contributed by atoms with van der Waals surface area (Å²) in [5.41, 5.74) is 5.34. The Kier molecular flexibility index (Phi) is 17.1. The third-order valence-electron chi connectivity index (χ3n) is 20.8. The molecule has 1 aromatic heterocycles. The van der Waals surface area contributed by atoms with Crippen molar-refractivity contribution in [2.75, 3.05) is 5.33 Å². The summed E-state index contributed by atoms with van der Waals surface area (Å²) in [5, 5.41) is 33.0. The highest BCUT2D eigenvalue weighted by Crippen LogP contribution is 2.70. The summed E-state index contributed by atoms with van der Waals surface area (Å²) in [6.07, 6.45) is 27.1. The number of rotatable bonds is 10. The van der Waals surface area contributed by atoms with Gasteiger partial charge in [-0.2, -0.15) is 5.10 Å². The maximum Gasteiger partial charge on any atom is 0.157 e. The van der Waals surface area contributed by atoms with Gasteiger partial charge in [-0.25, -0.2) is 0 Å². The molecule has 16 atom stereocenters. The number of fused-ring (bicyclic) bond motifs is 10. The topological polar surface area (TPSA) is 161 Å². The zero-order valence-corrected chi connectivity index (χ0v) is 44.8. The summed E-state index contributed by atoms with van der Waals surface area (Å²) in [6, 6.07) is 0. The van der Waals surface area contributed by atoms with Crippen molar-refractivity contribution < 1.29 is 29.3 Å². The molecule has 386 valence electrons. The fourth-order valence-electron chi connectivity index (χ4n) is 17.4. The van der Waals surface area contributed by atoms with Crippen molar-refractivity contribution in [2.45, 2.75) is 222 Å². The van der Waals surface area contributed by atoms with E-state index < -0.39 is 11.2 Å². The van der Waals surface area contributed by atoms with Crippen LogP contribution in [-0.2, 0) is 20.9 Å². The van der Waals surface area contributed by atoms with E-state index in [2.05, 4.69) is 48.7 Å². The lowest BCUT2D eigenvalue weighted by Crippen LogP contribution is -2.55. The maximum atomic E-state index is 13.5. The summed E-state index contributed by atoms with van der Waals surface area (Å²) in [4.78, 5) is 26.0. The van der Waals surface area contributed by atoms with E-state index in [0.29, 0.717) is 57.8 Å². The smallest absolute Gasteiger partial charge is 0.157 e. The molecule has 11 heteroatoms. The number of aromatic nitrogens is 2. The fraction of sp³-hybridized carbons (Fsp3) is 0.860. The van der Waals surface area contributed by atoms with Gasteiger partial charge in [0.15, 0.2) is 17.3 Å². The van der Waals surface area contributed by atoms with Crippen molar-refractivity contribution in [3.05, 3.63) is 24.4 Å². The largest absolute Gasteiger partial charge is 0.488 e. The van der Waals surface area contributed by atoms with Crippen LogP contribution in [0.4, 0.5) is 0 Å². The van der Waals surface area contributed by atoms with Crippen molar-refractivity contribution in [1.29, 1.82) is 5.41 Å². The van der Waals surface area contributed by atoms with Crippen molar-refractivity contribution >= 4 is 33.7 Å². The zero-order chi connectivity index (χ0) is 48.9. The molecule has 10 nitrogen and oxygen atoms in total. The number of ketones is 2. The fourth-order valence-corrected chi connectivity index (χ4v) is 17.8. The Morgan fingerprint density at radius 2 is 1.19 bits per heavy atom. The Balaban J connectivity index is 0.000000192. The van der Waals surface area contributed by atoms with E-state index in [1.807, 2.05) is 47.7 Å². The molecule has 8 aliphatic carbocycles. The number of aliphatic hydroxyl groups is 2. The summed E-state index contributed by atoms with van der Waals surface area (Å²) in [6.45, 7) is 22.2.